The fourth-order valence-corrected chi connectivity index (χ4v) is 1.88. The monoisotopic (exact) mass is 286 g/mol. The third-order valence-corrected chi connectivity index (χ3v) is 2.80. The average Bonchev–Trinajstić information content (AvgIpc) is 2.40. The van der Waals surface area contributed by atoms with Gasteiger partial charge in [0.2, 0.25) is 0 Å². The highest BCUT2D eigenvalue weighted by molar-refractivity contribution is 5.84. The molecule has 0 aliphatic carbocycles. The van der Waals surface area contributed by atoms with Gasteiger partial charge in [0.15, 0.2) is 0 Å². The Balaban J connectivity index is 1.80. The molecule has 2 unspecified atom stereocenters. The first kappa shape index (κ1) is 14.7. The molecule has 1 heterocycles. The minimum atomic E-state index is -0.855. The van der Waals surface area contributed by atoms with Crippen molar-refractivity contribution in [2.75, 3.05) is 25.0 Å². The van der Waals surface area contributed by atoms with Gasteiger partial charge in [-0.25, -0.2) is 13.6 Å². The number of ether oxygens (including phenoxy) is 2. The molecule has 1 fully saturated rings. The molecule has 1 amide bonds. The summed E-state index contributed by atoms with van der Waals surface area (Å²) >= 11 is 0. The summed E-state index contributed by atoms with van der Waals surface area (Å²) in [6.45, 7) is 3.31. The standard InChI is InChI=1S/C13H16F2N2O3/c1-8-5-16-6-10(20-8)7-19-13(18)17-12-3-2-9(14)4-11(12)15/h2-4,8,10,16H,5-7H2,1H3,(H,17,18). The Bertz CT molecular complexity index is 485. The zero-order chi connectivity index (χ0) is 14.5. The first-order chi connectivity index (χ1) is 9.54. The Labute approximate surface area is 115 Å². The van der Waals surface area contributed by atoms with E-state index in [0.717, 1.165) is 18.7 Å². The molecule has 0 saturated carbocycles. The third kappa shape index (κ3) is 4.14. The van der Waals surface area contributed by atoms with Crippen LogP contribution in [-0.2, 0) is 9.47 Å². The van der Waals surface area contributed by atoms with Crippen molar-refractivity contribution in [2.45, 2.75) is 19.1 Å². The van der Waals surface area contributed by atoms with Gasteiger partial charge >= 0.3 is 6.09 Å². The summed E-state index contributed by atoms with van der Waals surface area (Å²) in [5.41, 5.74) is -0.132. The second kappa shape index (κ2) is 6.62. The molecule has 7 heteroatoms. The summed E-state index contributed by atoms with van der Waals surface area (Å²) in [4.78, 5) is 11.5. The first-order valence-electron chi connectivity index (χ1n) is 6.29. The van der Waals surface area contributed by atoms with Crippen LogP contribution in [0.5, 0.6) is 0 Å². The van der Waals surface area contributed by atoms with Gasteiger partial charge in [0.25, 0.3) is 0 Å². The molecular weight excluding hydrogens is 270 g/mol. The van der Waals surface area contributed by atoms with E-state index in [-0.39, 0.29) is 24.5 Å². The Hall–Kier alpha value is -1.73. The van der Waals surface area contributed by atoms with E-state index in [1.807, 2.05) is 6.92 Å². The van der Waals surface area contributed by atoms with Crippen molar-refractivity contribution >= 4 is 11.8 Å². The summed E-state index contributed by atoms with van der Waals surface area (Å²) in [5, 5.41) is 5.34. The fraction of sp³-hybridized carbons (Fsp3) is 0.462. The number of rotatable bonds is 3. The average molecular weight is 286 g/mol. The smallest absolute Gasteiger partial charge is 0.411 e. The van der Waals surface area contributed by atoms with E-state index in [1.165, 1.54) is 0 Å². The number of nitrogens with one attached hydrogen (secondary N) is 2. The summed E-state index contributed by atoms with van der Waals surface area (Å²) in [6.07, 6.45) is -0.991. The van der Waals surface area contributed by atoms with Crippen molar-refractivity contribution in [2.24, 2.45) is 0 Å². The summed E-state index contributed by atoms with van der Waals surface area (Å²) < 4.78 is 36.5. The molecule has 20 heavy (non-hydrogen) atoms. The number of carbonyl (C=O) groups excluding carboxylic acids is 1. The number of carbonyl (C=O) groups is 1. The zero-order valence-corrected chi connectivity index (χ0v) is 11.0. The molecule has 1 saturated heterocycles. The molecule has 1 aliphatic rings. The number of amides is 1. The van der Waals surface area contributed by atoms with Crippen molar-refractivity contribution in [3.8, 4) is 0 Å². The number of benzene rings is 1. The van der Waals surface area contributed by atoms with E-state index in [4.69, 9.17) is 9.47 Å². The molecule has 2 rings (SSSR count). The van der Waals surface area contributed by atoms with Crippen molar-refractivity contribution in [1.29, 1.82) is 0 Å². The van der Waals surface area contributed by atoms with E-state index in [2.05, 4.69) is 10.6 Å². The van der Waals surface area contributed by atoms with E-state index >= 15 is 0 Å². The number of anilines is 1. The van der Waals surface area contributed by atoms with Crippen LogP contribution in [0.15, 0.2) is 18.2 Å². The topological polar surface area (TPSA) is 59.6 Å². The normalized spacial score (nSPS) is 22.4. The maximum atomic E-state index is 13.3. The minimum Gasteiger partial charge on any atom is -0.446 e. The predicted molar refractivity (Wildman–Crippen MR) is 68.5 cm³/mol. The van der Waals surface area contributed by atoms with Gasteiger partial charge in [0, 0.05) is 19.2 Å². The van der Waals surface area contributed by atoms with E-state index in [9.17, 15) is 13.6 Å². The van der Waals surface area contributed by atoms with Gasteiger partial charge in [-0.3, -0.25) is 5.32 Å². The van der Waals surface area contributed by atoms with Gasteiger partial charge in [0.1, 0.15) is 24.3 Å². The second-order valence-electron chi connectivity index (χ2n) is 4.57. The lowest BCUT2D eigenvalue weighted by Crippen LogP contribution is -2.45. The molecule has 1 aromatic carbocycles. The quantitative estimate of drug-likeness (QED) is 0.891. The summed E-state index contributed by atoms with van der Waals surface area (Å²) in [6, 6.07) is 2.87. The largest absolute Gasteiger partial charge is 0.446 e. The Morgan fingerprint density at radius 1 is 1.50 bits per heavy atom. The van der Waals surface area contributed by atoms with Gasteiger partial charge in [-0.05, 0) is 19.1 Å². The molecule has 0 radical (unpaired) electrons. The van der Waals surface area contributed by atoms with Crippen molar-refractivity contribution in [3.05, 3.63) is 29.8 Å². The van der Waals surface area contributed by atoms with Crippen molar-refractivity contribution in [1.82, 2.24) is 5.32 Å². The SMILES string of the molecule is CC1CNCC(COC(=O)Nc2ccc(F)cc2F)O1. The van der Waals surface area contributed by atoms with Gasteiger partial charge < -0.3 is 14.8 Å². The van der Waals surface area contributed by atoms with Crippen LogP contribution in [0, 0.1) is 11.6 Å². The van der Waals surface area contributed by atoms with Crippen LogP contribution in [0.2, 0.25) is 0 Å². The predicted octanol–water partition coefficient (Wildman–Crippen LogP) is 1.89. The van der Waals surface area contributed by atoms with Crippen LogP contribution in [0.1, 0.15) is 6.92 Å². The van der Waals surface area contributed by atoms with Crippen LogP contribution >= 0.6 is 0 Å². The molecule has 0 bridgehead atoms. The lowest BCUT2D eigenvalue weighted by atomic mass is 10.2. The van der Waals surface area contributed by atoms with E-state index in [1.54, 1.807) is 0 Å². The molecule has 0 aromatic heterocycles. The highest BCUT2D eigenvalue weighted by Crippen LogP contribution is 2.15. The molecule has 1 aromatic rings. The highest BCUT2D eigenvalue weighted by atomic mass is 19.1. The Morgan fingerprint density at radius 3 is 3.00 bits per heavy atom. The summed E-state index contributed by atoms with van der Waals surface area (Å²) in [5.74, 6) is -1.57. The second-order valence-corrected chi connectivity index (χ2v) is 4.57. The van der Waals surface area contributed by atoms with Crippen LogP contribution in [0.25, 0.3) is 0 Å². The third-order valence-electron chi connectivity index (χ3n) is 2.80. The van der Waals surface area contributed by atoms with Crippen LogP contribution in [0.3, 0.4) is 0 Å². The number of hydrogen-bond acceptors (Lipinski definition) is 4. The molecule has 110 valence electrons. The van der Waals surface area contributed by atoms with Crippen molar-refractivity contribution in [3.63, 3.8) is 0 Å². The van der Waals surface area contributed by atoms with E-state index in [0.29, 0.717) is 12.6 Å². The van der Waals surface area contributed by atoms with Crippen LogP contribution in [0.4, 0.5) is 19.3 Å². The Morgan fingerprint density at radius 2 is 2.30 bits per heavy atom. The summed E-state index contributed by atoms with van der Waals surface area (Å²) in [7, 11) is 0. The first-order valence-corrected chi connectivity index (χ1v) is 6.29. The van der Waals surface area contributed by atoms with E-state index < -0.39 is 17.7 Å². The molecule has 2 atom stereocenters. The molecular formula is C13H16F2N2O3. The lowest BCUT2D eigenvalue weighted by molar-refractivity contribution is -0.0533. The minimum absolute atomic E-state index is 0.0509. The maximum Gasteiger partial charge on any atom is 0.411 e. The fourth-order valence-electron chi connectivity index (χ4n) is 1.88. The van der Waals surface area contributed by atoms with Crippen molar-refractivity contribution < 1.29 is 23.0 Å². The van der Waals surface area contributed by atoms with Gasteiger partial charge in [-0.1, -0.05) is 0 Å². The number of hydrogen-bond donors (Lipinski definition) is 2. The molecule has 0 spiro atoms. The number of morpholine rings is 1. The van der Waals surface area contributed by atoms with Gasteiger partial charge in [-0.2, -0.15) is 0 Å². The maximum absolute atomic E-state index is 13.3. The lowest BCUT2D eigenvalue weighted by Gasteiger charge is -2.28. The molecule has 1 aliphatic heterocycles. The Kier molecular flexibility index (Phi) is 4.86. The molecule has 5 nitrogen and oxygen atoms in total. The van der Waals surface area contributed by atoms with Crippen LogP contribution < -0.4 is 10.6 Å². The zero-order valence-electron chi connectivity index (χ0n) is 11.0. The van der Waals surface area contributed by atoms with Crippen LogP contribution in [-0.4, -0.2) is 38.0 Å². The molecule has 2 N–H and O–H groups in total. The van der Waals surface area contributed by atoms with Gasteiger partial charge in [-0.15, -0.1) is 0 Å². The van der Waals surface area contributed by atoms with Gasteiger partial charge in [0.05, 0.1) is 11.8 Å². The number of halogens is 2. The highest BCUT2D eigenvalue weighted by Gasteiger charge is 2.20.